The average molecular weight is 391 g/mol. The van der Waals surface area contributed by atoms with Gasteiger partial charge in [0, 0.05) is 29.8 Å². The second-order valence-corrected chi connectivity index (χ2v) is 7.68. The molecule has 1 N–H and O–H groups in total. The van der Waals surface area contributed by atoms with E-state index in [1.54, 1.807) is 4.90 Å². The van der Waals surface area contributed by atoms with Gasteiger partial charge in [0.25, 0.3) is 5.91 Å². The molecular formula is C25H30N2O2. The highest BCUT2D eigenvalue weighted by atomic mass is 16.2. The monoisotopic (exact) mass is 390 g/mol. The molecule has 0 saturated heterocycles. The lowest BCUT2D eigenvalue weighted by Crippen LogP contribution is -2.40. The highest BCUT2D eigenvalue weighted by Crippen LogP contribution is 2.31. The van der Waals surface area contributed by atoms with Crippen molar-refractivity contribution in [2.75, 3.05) is 18.0 Å². The predicted molar refractivity (Wildman–Crippen MR) is 118 cm³/mol. The van der Waals surface area contributed by atoms with Crippen molar-refractivity contribution in [3.8, 4) is 0 Å². The first-order chi connectivity index (χ1) is 14.0. The molecule has 0 unspecified atom stereocenters. The summed E-state index contributed by atoms with van der Waals surface area (Å²) in [6.07, 6.45) is 5.01. The highest BCUT2D eigenvalue weighted by molar-refractivity contribution is 6.02. The largest absolute Gasteiger partial charge is 0.351 e. The minimum atomic E-state index is -0.0957. The van der Waals surface area contributed by atoms with E-state index >= 15 is 0 Å². The first kappa shape index (κ1) is 20.8. The zero-order valence-electron chi connectivity index (χ0n) is 17.4. The second-order valence-electron chi connectivity index (χ2n) is 7.68. The molecule has 0 aromatic heterocycles. The summed E-state index contributed by atoms with van der Waals surface area (Å²) >= 11 is 0. The molecule has 0 saturated carbocycles. The summed E-state index contributed by atoms with van der Waals surface area (Å²) < 4.78 is 0. The summed E-state index contributed by atoms with van der Waals surface area (Å²) in [5, 5.41) is 3.16. The molecule has 2 aromatic rings. The van der Waals surface area contributed by atoms with E-state index in [9.17, 15) is 9.59 Å². The van der Waals surface area contributed by atoms with E-state index in [4.69, 9.17) is 0 Å². The molecule has 152 valence electrons. The highest BCUT2D eigenvalue weighted by Gasteiger charge is 2.29. The van der Waals surface area contributed by atoms with Gasteiger partial charge in [-0.05, 0) is 61.1 Å². The topological polar surface area (TPSA) is 49.4 Å². The normalized spacial score (nSPS) is 13.5. The summed E-state index contributed by atoms with van der Waals surface area (Å²) in [6, 6.07) is 16.0. The van der Waals surface area contributed by atoms with Crippen LogP contribution < -0.4 is 10.2 Å². The maximum absolute atomic E-state index is 12.9. The first-order valence-electron chi connectivity index (χ1n) is 10.4. The molecule has 4 nitrogen and oxygen atoms in total. The van der Waals surface area contributed by atoms with E-state index in [-0.39, 0.29) is 17.2 Å². The van der Waals surface area contributed by atoms with Crippen molar-refractivity contribution >= 4 is 17.5 Å². The standard InChI is InChI=1S/C25H30N2O2/c1-4-23(28)27-16-10-11-19-17-20(14-15-22(19)27)24(29)26-18-25(5-2,6-3)21-12-8-7-9-13-21/h4,7-9,12-15,17H,1,5-6,10-11,16,18H2,2-3H3,(H,26,29). The molecule has 1 aliphatic heterocycles. The Kier molecular flexibility index (Phi) is 6.53. The van der Waals surface area contributed by atoms with Crippen LogP contribution in [-0.2, 0) is 16.6 Å². The third kappa shape index (κ3) is 4.26. The van der Waals surface area contributed by atoms with Crippen molar-refractivity contribution in [2.45, 2.75) is 44.9 Å². The lowest BCUT2D eigenvalue weighted by Gasteiger charge is -2.33. The molecule has 2 amide bonds. The molecule has 2 aromatic carbocycles. The number of rotatable bonds is 7. The lowest BCUT2D eigenvalue weighted by molar-refractivity contribution is -0.114. The average Bonchev–Trinajstić information content (AvgIpc) is 2.79. The summed E-state index contributed by atoms with van der Waals surface area (Å²) in [6.45, 7) is 9.22. The zero-order chi connectivity index (χ0) is 20.9. The van der Waals surface area contributed by atoms with E-state index in [0.717, 1.165) is 36.9 Å². The number of anilines is 1. The van der Waals surface area contributed by atoms with Crippen molar-refractivity contribution in [2.24, 2.45) is 0 Å². The van der Waals surface area contributed by atoms with E-state index in [1.807, 2.05) is 24.3 Å². The van der Waals surface area contributed by atoms with Gasteiger partial charge in [0.1, 0.15) is 0 Å². The summed E-state index contributed by atoms with van der Waals surface area (Å²) in [5.74, 6) is -0.163. The van der Waals surface area contributed by atoms with Gasteiger partial charge in [0.15, 0.2) is 0 Å². The fraction of sp³-hybridized carbons (Fsp3) is 0.360. The van der Waals surface area contributed by atoms with Crippen LogP contribution in [0.3, 0.4) is 0 Å². The SMILES string of the molecule is C=CC(=O)N1CCCc2cc(C(=O)NCC(CC)(CC)c3ccccc3)ccc21. The number of nitrogens with one attached hydrogen (secondary N) is 1. The van der Waals surface area contributed by atoms with Crippen molar-refractivity contribution < 1.29 is 9.59 Å². The molecule has 0 radical (unpaired) electrons. The van der Waals surface area contributed by atoms with Gasteiger partial charge in [0.2, 0.25) is 5.91 Å². The number of carbonyl (C=O) groups is 2. The van der Waals surface area contributed by atoms with Gasteiger partial charge >= 0.3 is 0 Å². The summed E-state index contributed by atoms with van der Waals surface area (Å²) in [7, 11) is 0. The Labute approximate surface area is 173 Å². The third-order valence-electron chi connectivity index (χ3n) is 6.23. The van der Waals surface area contributed by atoms with Crippen LogP contribution in [0.1, 0.15) is 54.6 Å². The van der Waals surface area contributed by atoms with E-state index in [2.05, 4.69) is 50.0 Å². The van der Waals surface area contributed by atoms with Crippen LogP contribution in [0, 0.1) is 0 Å². The molecule has 1 heterocycles. The maximum Gasteiger partial charge on any atom is 0.251 e. The second kappa shape index (κ2) is 9.08. The van der Waals surface area contributed by atoms with Gasteiger partial charge < -0.3 is 10.2 Å². The van der Waals surface area contributed by atoms with Crippen LogP contribution in [0.5, 0.6) is 0 Å². The van der Waals surface area contributed by atoms with E-state index in [1.165, 1.54) is 11.6 Å². The number of nitrogens with zero attached hydrogens (tertiary/aromatic N) is 1. The van der Waals surface area contributed by atoms with Gasteiger partial charge in [-0.3, -0.25) is 9.59 Å². The fourth-order valence-corrected chi connectivity index (χ4v) is 4.23. The summed E-state index contributed by atoms with van der Waals surface area (Å²) in [5.41, 5.74) is 3.76. The van der Waals surface area contributed by atoms with Gasteiger partial charge in [-0.15, -0.1) is 0 Å². The first-order valence-corrected chi connectivity index (χ1v) is 10.4. The molecule has 1 aliphatic rings. The molecule has 3 rings (SSSR count). The van der Waals surface area contributed by atoms with Crippen LogP contribution in [0.15, 0.2) is 61.2 Å². The summed E-state index contributed by atoms with van der Waals surface area (Å²) in [4.78, 5) is 26.7. The minimum absolute atomic E-state index is 0.0674. The van der Waals surface area contributed by atoms with Gasteiger partial charge in [-0.2, -0.15) is 0 Å². The smallest absolute Gasteiger partial charge is 0.251 e. The van der Waals surface area contributed by atoms with Crippen LogP contribution >= 0.6 is 0 Å². The van der Waals surface area contributed by atoms with E-state index in [0.29, 0.717) is 18.7 Å². The third-order valence-corrected chi connectivity index (χ3v) is 6.23. The Balaban J connectivity index is 1.77. The Bertz CT molecular complexity index is 885. The quantitative estimate of drug-likeness (QED) is 0.700. The molecule has 4 heteroatoms. The van der Waals surface area contributed by atoms with Crippen LogP contribution in [0.25, 0.3) is 0 Å². The molecule has 0 aliphatic carbocycles. The zero-order valence-corrected chi connectivity index (χ0v) is 17.4. The fourth-order valence-electron chi connectivity index (χ4n) is 4.23. The maximum atomic E-state index is 12.9. The molecule has 0 bridgehead atoms. The van der Waals surface area contributed by atoms with Gasteiger partial charge in [0.05, 0.1) is 0 Å². The number of carbonyl (C=O) groups excluding carboxylic acids is 2. The van der Waals surface area contributed by atoms with Crippen LogP contribution in [0.4, 0.5) is 5.69 Å². The van der Waals surface area contributed by atoms with Gasteiger partial charge in [-0.1, -0.05) is 50.8 Å². The van der Waals surface area contributed by atoms with Crippen molar-refractivity contribution in [1.82, 2.24) is 5.32 Å². The number of hydrogen-bond acceptors (Lipinski definition) is 2. The number of fused-ring (bicyclic) bond motifs is 1. The van der Waals surface area contributed by atoms with Crippen molar-refractivity contribution in [1.29, 1.82) is 0 Å². The number of benzene rings is 2. The molecule has 0 atom stereocenters. The Morgan fingerprint density at radius 1 is 1.14 bits per heavy atom. The number of amides is 2. The van der Waals surface area contributed by atoms with Crippen molar-refractivity contribution in [3.63, 3.8) is 0 Å². The van der Waals surface area contributed by atoms with Gasteiger partial charge in [-0.25, -0.2) is 0 Å². The lowest BCUT2D eigenvalue weighted by atomic mass is 9.76. The Hall–Kier alpha value is -2.88. The Morgan fingerprint density at radius 3 is 2.52 bits per heavy atom. The molecule has 0 spiro atoms. The van der Waals surface area contributed by atoms with E-state index < -0.39 is 0 Å². The molecule has 29 heavy (non-hydrogen) atoms. The predicted octanol–water partition coefficient (Wildman–Crippen LogP) is 4.64. The van der Waals surface area contributed by atoms with Crippen LogP contribution in [0.2, 0.25) is 0 Å². The number of hydrogen-bond donors (Lipinski definition) is 1. The van der Waals surface area contributed by atoms with Crippen LogP contribution in [-0.4, -0.2) is 24.9 Å². The molecule has 0 fully saturated rings. The number of aryl methyl sites for hydroxylation is 1. The minimum Gasteiger partial charge on any atom is -0.351 e. The molecular weight excluding hydrogens is 360 g/mol. The Morgan fingerprint density at radius 2 is 1.86 bits per heavy atom. The van der Waals surface area contributed by atoms with Crippen molar-refractivity contribution in [3.05, 3.63) is 77.9 Å².